The van der Waals surface area contributed by atoms with Crippen LogP contribution in [-0.4, -0.2) is 47.2 Å². The maximum atomic E-state index is 8.62. The van der Waals surface area contributed by atoms with Crippen LogP contribution in [0.15, 0.2) is 60.7 Å². The van der Waals surface area contributed by atoms with Crippen molar-refractivity contribution in [3.63, 3.8) is 0 Å². The lowest BCUT2D eigenvalue weighted by Crippen LogP contribution is -2.34. The molecule has 2 heterocycles. The van der Waals surface area contributed by atoms with Crippen LogP contribution in [0.5, 0.6) is 0 Å². The van der Waals surface area contributed by atoms with Crippen molar-refractivity contribution in [2.75, 3.05) is 36.0 Å². The highest BCUT2D eigenvalue weighted by Gasteiger charge is 2.23. The monoisotopic (exact) mass is 360 g/mol. The SMILES string of the molecule is [N-]=[N+]=C1CCN(c2ccccc2)C1.[N-]=[N+]=C1CCN(c2ccccc2)CC1. The summed E-state index contributed by atoms with van der Waals surface area (Å²) in [5.41, 5.74) is 21.4. The van der Waals surface area contributed by atoms with Crippen LogP contribution in [0.25, 0.3) is 11.1 Å². The average Bonchev–Trinajstić information content (AvgIpc) is 3.25. The Balaban J connectivity index is 0.000000156. The average molecular weight is 360 g/mol. The highest BCUT2D eigenvalue weighted by Crippen LogP contribution is 2.18. The molecule has 2 aromatic carbocycles. The summed E-state index contributed by atoms with van der Waals surface area (Å²) < 4.78 is 0. The lowest BCUT2D eigenvalue weighted by molar-refractivity contribution is -0.0119. The van der Waals surface area contributed by atoms with Gasteiger partial charge >= 0.3 is 0 Å². The van der Waals surface area contributed by atoms with Gasteiger partial charge in [0.25, 0.3) is 11.4 Å². The molecule has 0 unspecified atom stereocenters. The van der Waals surface area contributed by atoms with Crippen molar-refractivity contribution < 1.29 is 9.58 Å². The van der Waals surface area contributed by atoms with Crippen LogP contribution >= 0.6 is 0 Å². The van der Waals surface area contributed by atoms with Gasteiger partial charge < -0.3 is 20.9 Å². The number of hydrogen-bond acceptors (Lipinski definition) is 2. The van der Waals surface area contributed by atoms with Crippen molar-refractivity contribution in [3.05, 3.63) is 71.7 Å². The first-order valence-electron chi connectivity index (χ1n) is 9.29. The van der Waals surface area contributed by atoms with E-state index in [1.807, 2.05) is 36.4 Å². The summed E-state index contributed by atoms with van der Waals surface area (Å²) in [6.07, 6.45) is 2.60. The van der Waals surface area contributed by atoms with Crippen LogP contribution in [0.2, 0.25) is 0 Å². The van der Waals surface area contributed by atoms with Crippen molar-refractivity contribution in [3.8, 4) is 0 Å². The Bertz CT molecular complexity index is 825. The number of rotatable bonds is 2. The van der Waals surface area contributed by atoms with Crippen LogP contribution in [0.1, 0.15) is 19.3 Å². The zero-order chi connectivity index (χ0) is 18.9. The smallest absolute Gasteiger partial charge is 0.289 e. The topological polar surface area (TPSA) is 79.3 Å². The molecule has 2 saturated heterocycles. The second kappa shape index (κ2) is 9.48. The maximum absolute atomic E-state index is 8.62. The molecule has 2 aliphatic rings. The summed E-state index contributed by atoms with van der Waals surface area (Å²) in [7, 11) is 0. The van der Waals surface area contributed by atoms with Gasteiger partial charge in [0.1, 0.15) is 6.54 Å². The molecule has 0 bridgehead atoms. The quantitative estimate of drug-likeness (QED) is 0.606. The van der Waals surface area contributed by atoms with Gasteiger partial charge in [-0.1, -0.05) is 36.4 Å². The van der Waals surface area contributed by atoms with Crippen LogP contribution in [0, 0.1) is 0 Å². The first kappa shape index (κ1) is 18.6. The van der Waals surface area contributed by atoms with Gasteiger partial charge in [-0.3, -0.25) is 0 Å². The molecule has 6 nitrogen and oxygen atoms in total. The Labute approximate surface area is 159 Å². The summed E-state index contributed by atoms with van der Waals surface area (Å²) in [5.74, 6) is 0. The molecule has 0 aromatic heterocycles. The van der Waals surface area contributed by atoms with Crippen molar-refractivity contribution in [2.24, 2.45) is 0 Å². The van der Waals surface area contributed by atoms with Gasteiger partial charge in [-0.05, 0) is 24.3 Å². The van der Waals surface area contributed by atoms with Crippen molar-refractivity contribution >= 4 is 22.8 Å². The summed E-state index contributed by atoms with van der Waals surface area (Å²) in [6.45, 7) is 3.59. The van der Waals surface area contributed by atoms with E-state index in [4.69, 9.17) is 11.1 Å². The van der Waals surface area contributed by atoms with Gasteiger partial charge in [0, 0.05) is 31.0 Å². The minimum Gasteiger partial charge on any atom is -0.370 e. The molecule has 0 N–H and O–H groups in total. The van der Waals surface area contributed by atoms with E-state index in [1.54, 1.807) is 0 Å². The molecule has 27 heavy (non-hydrogen) atoms. The highest BCUT2D eigenvalue weighted by atomic mass is 15.2. The maximum Gasteiger partial charge on any atom is 0.289 e. The van der Waals surface area contributed by atoms with E-state index in [9.17, 15) is 0 Å². The van der Waals surface area contributed by atoms with Gasteiger partial charge in [-0.25, -0.2) is 0 Å². The molecule has 2 fully saturated rings. The van der Waals surface area contributed by atoms with Gasteiger partial charge in [0.05, 0.1) is 19.3 Å². The number of nitrogens with zero attached hydrogens (tertiary/aromatic N) is 6. The Kier molecular flexibility index (Phi) is 6.53. The molecule has 6 heteroatoms. The Hall–Kier alpha value is -3.20. The van der Waals surface area contributed by atoms with E-state index in [0.717, 1.165) is 56.9 Å². The largest absolute Gasteiger partial charge is 0.370 e. The van der Waals surface area contributed by atoms with Crippen molar-refractivity contribution in [1.82, 2.24) is 0 Å². The molecular weight excluding hydrogens is 336 g/mol. The zero-order valence-electron chi connectivity index (χ0n) is 15.4. The standard InChI is InChI=1S/C11H13N3.C10H11N3/c12-13-10-6-8-14(9-7-10)11-4-2-1-3-5-11;11-12-9-6-7-13(8-9)10-4-2-1-3-5-10/h1-5H,6-9H2;1-5H,6-8H2. The summed E-state index contributed by atoms with van der Waals surface area (Å²) >= 11 is 0. The van der Waals surface area contributed by atoms with E-state index >= 15 is 0 Å². The lowest BCUT2D eigenvalue weighted by Gasteiger charge is -2.26. The molecule has 0 spiro atoms. The Morgan fingerprint density at radius 1 is 0.593 bits per heavy atom. The van der Waals surface area contributed by atoms with E-state index in [0.29, 0.717) is 0 Å². The molecule has 0 saturated carbocycles. The number of piperidine rings is 1. The van der Waals surface area contributed by atoms with E-state index in [1.165, 1.54) is 11.4 Å². The van der Waals surface area contributed by atoms with Crippen molar-refractivity contribution in [1.29, 1.82) is 0 Å². The molecular formula is C21H24N6. The van der Waals surface area contributed by atoms with Crippen molar-refractivity contribution in [2.45, 2.75) is 19.3 Å². The molecule has 0 atom stereocenters. The van der Waals surface area contributed by atoms with E-state index in [2.05, 4.69) is 43.6 Å². The first-order valence-corrected chi connectivity index (χ1v) is 9.29. The number of benzene rings is 2. The third-order valence-corrected chi connectivity index (χ3v) is 4.91. The fraction of sp³-hybridized carbons (Fsp3) is 0.333. The van der Waals surface area contributed by atoms with Crippen LogP contribution in [-0.2, 0) is 0 Å². The highest BCUT2D eigenvalue weighted by molar-refractivity contribution is 5.87. The van der Waals surface area contributed by atoms with E-state index < -0.39 is 0 Å². The molecule has 0 amide bonds. The lowest BCUT2D eigenvalue weighted by atomic mass is 10.1. The fourth-order valence-electron chi connectivity index (χ4n) is 3.35. The zero-order valence-corrected chi connectivity index (χ0v) is 15.4. The normalized spacial score (nSPS) is 16.3. The minimum atomic E-state index is 0.751. The number of hydrogen-bond donors (Lipinski definition) is 0. The summed E-state index contributed by atoms with van der Waals surface area (Å²) in [6, 6.07) is 20.5. The predicted molar refractivity (Wildman–Crippen MR) is 108 cm³/mol. The molecule has 138 valence electrons. The Morgan fingerprint density at radius 3 is 1.52 bits per heavy atom. The fourth-order valence-corrected chi connectivity index (χ4v) is 3.35. The summed E-state index contributed by atoms with van der Waals surface area (Å²) in [5, 5.41) is 0. The third kappa shape index (κ3) is 5.14. The second-order valence-electron chi connectivity index (χ2n) is 6.66. The van der Waals surface area contributed by atoms with Gasteiger partial charge in [0.2, 0.25) is 0 Å². The summed E-state index contributed by atoms with van der Waals surface area (Å²) in [4.78, 5) is 11.0. The molecule has 2 aliphatic heterocycles. The Morgan fingerprint density at radius 2 is 1.04 bits per heavy atom. The van der Waals surface area contributed by atoms with Crippen LogP contribution in [0.3, 0.4) is 0 Å². The number of para-hydroxylation sites is 2. The third-order valence-electron chi connectivity index (χ3n) is 4.91. The molecule has 0 aliphatic carbocycles. The first-order chi connectivity index (χ1) is 13.3. The second-order valence-corrected chi connectivity index (χ2v) is 6.66. The van der Waals surface area contributed by atoms with E-state index in [-0.39, 0.29) is 0 Å². The van der Waals surface area contributed by atoms with Gasteiger partial charge in [-0.15, -0.1) is 0 Å². The predicted octanol–water partition coefficient (Wildman–Crippen LogP) is 3.53. The van der Waals surface area contributed by atoms with Gasteiger partial charge in [-0.2, -0.15) is 9.58 Å². The van der Waals surface area contributed by atoms with Gasteiger partial charge in [0.15, 0.2) is 0 Å². The van der Waals surface area contributed by atoms with Crippen LogP contribution in [0.4, 0.5) is 11.4 Å². The molecule has 4 rings (SSSR count). The minimum absolute atomic E-state index is 0.751. The number of anilines is 2. The molecule has 0 radical (unpaired) electrons. The van der Waals surface area contributed by atoms with Crippen LogP contribution < -0.4 is 9.80 Å². The molecule has 2 aromatic rings.